The van der Waals surface area contributed by atoms with Gasteiger partial charge in [-0.25, -0.2) is 4.79 Å². The minimum absolute atomic E-state index is 0.0616. The second kappa shape index (κ2) is 24.6. The molecule has 0 aliphatic heterocycles. The molecular weight excluding hydrogens is 1030 g/mol. The van der Waals surface area contributed by atoms with Crippen LogP contribution in [0.4, 0.5) is 61.7 Å². The minimum Gasteiger partial charge on any atom is -0.492 e. The van der Waals surface area contributed by atoms with Crippen LogP contribution in [0.5, 0.6) is 23.0 Å². The van der Waals surface area contributed by atoms with Gasteiger partial charge in [-0.2, -0.15) is 37.3 Å². The first-order chi connectivity index (χ1) is 35.1. The molecule has 6 aromatic rings. The number of hydrogen-bond acceptors (Lipinski definition) is 19. The predicted molar refractivity (Wildman–Crippen MR) is 286 cm³/mol. The molecule has 0 aromatic heterocycles. The Hall–Kier alpha value is -7.29. The Morgan fingerprint density at radius 3 is 1.20 bits per heavy atom. The first kappa shape index (κ1) is 56.0. The molecular formula is C49H52N10O11S4. The van der Waals surface area contributed by atoms with Gasteiger partial charge in [0.15, 0.2) is 0 Å². The van der Waals surface area contributed by atoms with Crippen molar-refractivity contribution in [3.8, 4) is 23.0 Å². The van der Waals surface area contributed by atoms with Gasteiger partial charge in [0.25, 0.3) is 20.2 Å². The molecule has 0 aliphatic rings. The summed E-state index contributed by atoms with van der Waals surface area (Å²) < 4.78 is 89.7. The molecule has 0 heterocycles. The van der Waals surface area contributed by atoms with Crippen molar-refractivity contribution in [2.24, 2.45) is 40.9 Å². The molecule has 388 valence electrons. The van der Waals surface area contributed by atoms with Crippen molar-refractivity contribution in [1.82, 2.24) is 0 Å². The van der Waals surface area contributed by atoms with Crippen molar-refractivity contribution in [3.63, 3.8) is 0 Å². The number of urea groups is 1. The molecule has 21 nitrogen and oxygen atoms in total. The van der Waals surface area contributed by atoms with Crippen molar-refractivity contribution >= 4 is 108 Å². The molecule has 6 rings (SSSR count). The summed E-state index contributed by atoms with van der Waals surface area (Å²) in [6.45, 7) is 15.4. The van der Waals surface area contributed by atoms with Crippen molar-refractivity contribution in [3.05, 3.63) is 107 Å². The number of nitrogens with zero attached hydrogens (tertiary/aromatic N) is 8. The fraction of sp³-hybridized carbons (Fsp3) is 0.245. The van der Waals surface area contributed by atoms with Crippen LogP contribution < -0.4 is 29.6 Å². The minimum atomic E-state index is -4.59. The van der Waals surface area contributed by atoms with Crippen LogP contribution in [0.1, 0.15) is 49.9 Å². The fourth-order valence-electron chi connectivity index (χ4n) is 6.79. The van der Waals surface area contributed by atoms with E-state index in [-0.39, 0.29) is 64.8 Å². The number of aryl methyl sites for hydroxylation is 4. The van der Waals surface area contributed by atoms with E-state index in [2.05, 4.69) is 76.8 Å². The molecule has 2 amide bonds. The summed E-state index contributed by atoms with van der Waals surface area (Å²) in [6, 6.07) is 20.6. The number of anilines is 2. The number of nitrogens with one attached hydrogen (secondary N) is 2. The molecule has 25 heteroatoms. The van der Waals surface area contributed by atoms with E-state index in [0.29, 0.717) is 78.5 Å². The number of amides is 2. The number of carbonyl (C=O) groups is 1. The number of ether oxygens (including phenoxy) is 4. The first-order valence-electron chi connectivity index (χ1n) is 22.6. The Morgan fingerprint density at radius 2 is 0.824 bits per heavy atom. The smallest absolute Gasteiger partial charge is 0.323 e. The van der Waals surface area contributed by atoms with Crippen LogP contribution in [-0.2, 0) is 20.2 Å². The molecule has 0 aliphatic carbocycles. The summed E-state index contributed by atoms with van der Waals surface area (Å²) in [6.07, 6.45) is 0. The monoisotopic (exact) mass is 1080 g/mol. The second-order valence-corrected chi connectivity index (χ2v) is 19.7. The molecule has 6 aromatic carbocycles. The molecule has 0 radical (unpaired) electrons. The van der Waals surface area contributed by atoms with Crippen LogP contribution >= 0.6 is 25.3 Å². The highest BCUT2D eigenvalue weighted by Crippen LogP contribution is 2.43. The van der Waals surface area contributed by atoms with Gasteiger partial charge >= 0.3 is 6.03 Å². The maximum Gasteiger partial charge on any atom is 0.323 e. The molecule has 0 saturated heterocycles. The SMILES string of the molecule is CCOc1cc(NC(=O)Nc2cc(OCC)c(N=Nc3cc(C)c(N=Nc4ccc(S)cc4S(=O)(=O)O)cc3C)cc2OCC)c(OCC)cc1N=Nc1cc(C)c(N=Nc2ccc(S(=O)(=O)O)cc2S)cc1C. The predicted octanol–water partition coefficient (Wildman–Crippen LogP) is 14.9. The molecule has 0 unspecified atom stereocenters. The van der Waals surface area contributed by atoms with Crippen LogP contribution in [0.2, 0.25) is 0 Å². The molecule has 0 spiro atoms. The standard InChI is InChI=1S/C49H52N10O11S4/c1-9-67-43-25-41(58-56-37-19-27(5)35(17-29(37)7)54-52-33-16-14-32(22-47(33)72)73(61,62)63)45(69-11-3)23-39(43)50-49(60)51-40-24-46(70-12-4)42(26-44(40)68-10-2)59-57-38-20-28(6)36(18-30(38)8)55-53-34-15-13-31(71)21-48(34)74(64,65)66/h13-26,71-72H,9-12H2,1-8H3,(H2,50,51,60)(H,61,62,63)(H,64,65,66). The van der Waals surface area contributed by atoms with E-state index in [1.165, 1.54) is 36.4 Å². The number of carbonyl (C=O) groups excluding carboxylic acids is 1. The van der Waals surface area contributed by atoms with E-state index in [1.807, 2.05) is 13.8 Å². The second-order valence-electron chi connectivity index (χ2n) is 15.8. The number of thiol groups is 2. The van der Waals surface area contributed by atoms with Crippen LogP contribution in [0.3, 0.4) is 0 Å². The Labute approximate surface area is 439 Å². The first-order valence-corrected chi connectivity index (χ1v) is 26.3. The summed E-state index contributed by atoms with van der Waals surface area (Å²) in [7, 11) is -8.99. The average Bonchev–Trinajstić information content (AvgIpc) is 3.33. The lowest BCUT2D eigenvalue weighted by Gasteiger charge is -2.18. The van der Waals surface area contributed by atoms with Crippen LogP contribution in [-0.4, -0.2) is 58.4 Å². The van der Waals surface area contributed by atoms with Gasteiger partial charge in [0.1, 0.15) is 45.0 Å². The Balaban J connectivity index is 1.22. The summed E-state index contributed by atoms with van der Waals surface area (Å²) in [5, 5.41) is 40.6. The lowest BCUT2D eigenvalue weighted by molar-refractivity contribution is 0.261. The maximum absolute atomic E-state index is 13.8. The van der Waals surface area contributed by atoms with E-state index in [9.17, 15) is 30.7 Å². The van der Waals surface area contributed by atoms with Gasteiger partial charge < -0.3 is 29.6 Å². The van der Waals surface area contributed by atoms with Crippen LogP contribution in [0, 0.1) is 27.7 Å². The van der Waals surface area contributed by atoms with Crippen molar-refractivity contribution in [2.45, 2.75) is 75.0 Å². The number of hydrogen-bond donors (Lipinski definition) is 6. The van der Waals surface area contributed by atoms with E-state index in [1.54, 1.807) is 90.1 Å². The van der Waals surface area contributed by atoms with Gasteiger partial charge in [0.2, 0.25) is 0 Å². The third-order valence-electron chi connectivity index (χ3n) is 10.4. The van der Waals surface area contributed by atoms with E-state index in [4.69, 9.17) is 18.9 Å². The summed E-state index contributed by atoms with van der Waals surface area (Å²) >= 11 is 8.44. The van der Waals surface area contributed by atoms with E-state index >= 15 is 0 Å². The van der Waals surface area contributed by atoms with E-state index < -0.39 is 31.2 Å². The number of azo groups is 4. The lowest BCUT2D eigenvalue weighted by atomic mass is 10.1. The van der Waals surface area contributed by atoms with Gasteiger partial charge in [-0.15, -0.1) is 45.7 Å². The highest BCUT2D eigenvalue weighted by molar-refractivity contribution is 7.86. The molecule has 0 bridgehead atoms. The van der Waals surface area contributed by atoms with Gasteiger partial charge in [-0.1, -0.05) is 0 Å². The zero-order chi connectivity index (χ0) is 53.9. The zero-order valence-electron chi connectivity index (χ0n) is 41.3. The van der Waals surface area contributed by atoms with Gasteiger partial charge in [-0.3, -0.25) is 9.11 Å². The third-order valence-corrected chi connectivity index (χ3v) is 12.7. The zero-order valence-corrected chi connectivity index (χ0v) is 44.7. The van der Waals surface area contributed by atoms with Crippen LogP contribution in [0.25, 0.3) is 0 Å². The van der Waals surface area contributed by atoms with Gasteiger partial charge in [0, 0.05) is 34.1 Å². The highest BCUT2D eigenvalue weighted by atomic mass is 32.2. The Kier molecular flexibility index (Phi) is 18.6. The molecule has 4 N–H and O–H groups in total. The molecule has 74 heavy (non-hydrogen) atoms. The Morgan fingerprint density at radius 1 is 0.459 bits per heavy atom. The van der Waals surface area contributed by atoms with Crippen molar-refractivity contribution in [2.75, 3.05) is 37.1 Å². The summed E-state index contributed by atoms with van der Waals surface area (Å²) in [4.78, 5) is 13.6. The average molecular weight is 1090 g/mol. The van der Waals surface area contributed by atoms with E-state index in [0.717, 1.165) is 0 Å². The molecule has 0 saturated carbocycles. The quantitative estimate of drug-likeness (QED) is 0.0237. The summed E-state index contributed by atoms with van der Waals surface area (Å²) in [5.41, 5.74) is 6.10. The lowest BCUT2D eigenvalue weighted by Crippen LogP contribution is -2.20. The normalized spacial score (nSPS) is 12.1. The van der Waals surface area contributed by atoms with Crippen molar-refractivity contribution in [1.29, 1.82) is 0 Å². The topological polar surface area (TPSA) is 286 Å². The molecule has 0 atom stereocenters. The fourth-order valence-corrected chi connectivity index (χ4v) is 8.58. The van der Waals surface area contributed by atoms with Gasteiger partial charge in [0.05, 0.1) is 71.1 Å². The Bertz CT molecular complexity index is 3460. The summed E-state index contributed by atoms with van der Waals surface area (Å²) in [5.74, 6) is 1.16. The van der Waals surface area contributed by atoms with Crippen molar-refractivity contribution < 1.29 is 49.7 Å². The maximum atomic E-state index is 13.8. The molecule has 0 fully saturated rings. The van der Waals surface area contributed by atoms with Crippen LogP contribution in [0.15, 0.2) is 145 Å². The third kappa shape index (κ3) is 14.5. The largest absolute Gasteiger partial charge is 0.492 e. The number of rotatable bonds is 20. The van der Waals surface area contributed by atoms with Gasteiger partial charge in [-0.05, 0) is 138 Å². The number of benzene rings is 6. The highest BCUT2D eigenvalue weighted by Gasteiger charge is 2.20.